The SMILES string of the molecule is Cc1cc(Oc2cccc(Br)c2)c(CNCC(C)C)cn1. The number of rotatable bonds is 6. The minimum absolute atomic E-state index is 0.623. The van der Waals surface area contributed by atoms with Crippen molar-refractivity contribution in [1.29, 1.82) is 0 Å². The minimum atomic E-state index is 0.623. The van der Waals surface area contributed by atoms with Gasteiger partial charge in [0.25, 0.3) is 0 Å². The van der Waals surface area contributed by atoms with E-state index in [1.807, 2.05) is 43.5 Å². The van der Waals surface area contributed by atoms with Crippen molar-refractivity contribution < 1.29 is 4.74 Å². The van der Waals surface area contributed by atoms with E-state index in [1.54, 1.807) is 0 Å². The first-order valence-electron chi connectivity index (χ1n) is 7.14. The number of pyridine rings is 1. The highest BCUT2D eigenvalue weighted by molar-refractivity contribution is 9.10. The van der Waals surface area contributed by atoms with Crippen LogP contribution in [0.2, 0.25) is 0 Å². The molecule has 112 valence electrons. The Morgan fingerprint density at radius 3 is 2.81 bits per heavy atom. The van der Waals surface area contributed by atoms with Gasteiger partial charge in [0, 0.05) is 34.5 Å². The first kappa shape index (κ1) is 16.0. The summed E-state index contributed by atoms with van der Waals surface area (Å²) in [6, 6.07) is 9.83. The Labute approximate surface area is 134 Å². The lowest BCUT2D eigenvalue weighted by Gasteiger charge is -2.13. The second-order valence-corrected chi connectivity index (χ2v) is 6.43. The summed E-state index contributed by atoms with van der Waals surface area (Å²) in [6.07, 6.45) is 1.88. The Kier molecular flexibility index (Phi) is 5.76. The van der Waals surface area contributed by atoms with Gasteiger partial charge >= 0.3 is 0 Å². The maximum Gasteiger partial charge on any atom is 0.135 e. The maximum absolute atomic E-state index is 6.02. The van der Waals surface area contributed by atoms with E-state index in [4.69, 9.17) is 4.74 Å². The molecule has 0 aliphatic heterocycles. The number of nitrogens with zero attached hydrogens (tertiary/aromatic N) is 1. The predicted molar refractivity (Wildman–Crippen MR) is 89.7 cm³/mol. The number of nitrogens with one attached hydrogen (secondary N) is 1. The van der Waals surface area contributed by atoms with E-state index in [0.29, 0.717) is 5.92 Å². The third kappa shape index (κ3) is 5.14. The van der Waals surface area contributed by atoms with E-state index < -0.39 is 0 Å². The molecule has 1 aromatic carbocycles. The monoisotopic (exact) mass is 348 g/mol. The van der Waals surface area contributed by atoms with E-state index in [9.17, 15) is 0 Å². The molecule has 1 aromatic heterocycles. The fourth-order valence-electron chi connectivity index (χ4n) is 1.94. The van der Waals surface area contributed by atoms with Gasteiger partial charge in [0.1, 0.15) is 11.5 Å². The van der Waals surface area contributed by atoms with Gasteiger partial charge in [-0.05, 0) is 37.6 Å². The molecule has 0 fully saturated rings. The standard InChI is InChI=1S/C17H21BrN2O/c1-12(2)9-19-10-14-11-20-13(3)7-17(14)21-16-6-4-5-15(18)8-16/h4-8,11-12,19H,9-10H2,1-3H3. The summed E-state index contributed by atoms with van der Waals surface area (Å²) in [5.41, 5.74) is 2.02. The lowest BCUT2D eigenvalue weighted by molar-refractivity contribution is 0.467. The zero-order chi connectivity index (χ0) is 15.2. The zero-order valence-electron chi connectivity index (χ0n) is 12.7. The molecule has 2 aromatic rings. The summed E-state index contributed by atoms with van der Waals surface area (Å²) < 4.78 is 7.02. The summed E-state index contributed by atoms with van der Waals surface area (Å²) in [5, 5.41) is 3.43. The fourth-order valence-corrected chi connectivity index (χ4v) is 2.32. The summed E-state index contributed by atoms with van der Waals surface area (Å²) in [6.45, 7) is 8.09. The van der Waals surface area contributed by atoms with Crippen LogP contribution in [0.25, 0.3) is 0 Å². The fraction of sp³-hybridized carbons (Fsp3) is 0.353. The van der Waals surface area contributed by atoms with Crippen molar-refractivity contribution in [2.24, 2.45) is 5.92 Å². The molecule has 0 aliphatic carbocycles. The van der Waals surface area contributed by atoms with Crippen LogP contribution in [0.5, 0.6) is 11.5 Å². The van der Waals surface area contributed by atoms with Crippen LogP contribution < -0.4 is 10.1 Å². The number of hydrogen-bond donors (Lipinski definition) is 1. The van der Waals surface area contributed by atoms with Crippen molar-refractivity contribution in [3.8, 4) is 11.5 Å². The number of halogens is 1. The van der Waals surface area contributed by atoms with E-state index in [-0.39, 0.29) is 0 Å². The summed E-state index contributed by atoms with van der Waals surface area (Å²) in [7, 11) is 0. The highest BCUT2D eigenvalue weighted by Crippen LogP contribution is 2.27. The normalized spacial score (nSPS) is 10.9. The van der Waals surface area contributed by atoms with Gasteiger partial charge in [-0.2, -0.15) is 0 Å². The largest absolute Gasteiger partial charge is 0.457 e. The number of aryl methyl sites for hydroxylation is 1. The Balaban J connectivity index is 2.15. The average molecular weight is 349 g/mol. The number of ether oxygens (including phenoxy) is 1. The van der Waals surface area contributed by atoms with Crippen molar-refractivity contribution in [3.63, 3.8) is 0 Å². The van der Waals surface area contributed by atoms with Crippen LogP contribution >= 0.6 is 15.9 Å². The second-order valence-electron chi connectivity index (χ2n) is 5.52. The molecule has 0 radical (unpaired) electrons. The van der Waals surface area contributed by atoms with Crippen LogP contribution in [0.15, 0.2) is 41.0 Å². The van der Waals surface area contributed by atoms with Gasteiger partial charge in [-0.15, -0.1) is 0 Å². The number of aromatic nitrogens is 1. The van der Waals surface area contributed by atoms with Crippen LogP contribution in [-0.2, 0) is 6.54 Å². The number of hydrogen-bond acceptors (Lipinski definition) is 3. The molecule has 0 atom stereocenters. The summed E-state index contributed by atoms with van der Waals surface area (Å²) in [5.74, 6) is 2.30. The first-order valence-corrected chi connectivity index (χ1v) is 7.93. The van der Waals surface area contributed by atoms with Gasteiger partial charge in [0.05, 0.1) is 0 Å². The highest BCUT2D eigenvalue weighted by Gasteiger charge is 2.07. The molecule has 21 heavy (non-hydrogen) atoms. The van der Waals surface area contributed by atoms with Crippen molar-refractivity contribution in [2.45, 2.75) is 27.3 Å². The molecule has 0 saturated heterocycles. The summed E-state index contributed by atoms with van der Waals surface area (Å²) in [4.78, 5) is 4.37. The van der Waals surface area contributed by atoms with E-state index >= 15 is 0 Å². The Hall–Kier alpha value is -1.39. The quantitative estimate of drug-likeness (QED) is 0.822. The zero-order valence-corrected chi connectivity index (χ0v) is 14.3. The Morgan fingerprint density at radius 2 is 2.10 bits per heavy atom. The van der Waals surface area contributed by atoms with Crippen molar-refractivity contribution in [3.05, 3.63) is 52.3 Å². The van der Waals surface area contributed by atoms with Crippen molar-refractivity contribution >= 4 is 15.9 Å². The van der Waals surface area contributed by atoms with Gasteiger partial charge in [0.15, 0.2) is 0 Å². The van der Waals surface area contributed by atoms with E-state index in [2.05, 4.69) is 40.1 Å². The molecule has 0 unspecified atom stereocenters. The molecule has 3 nitrogen and oxygen atoms in total. The van der Waals surface area contributed by atoms with E-state index in [1.165, 1.54) is 0 Å². The van der Waals surface area contributed by atoms with Crippen molar-refractivity contribution in [1.82, 2.24) is 10.3 Å². The predicted octanol–water partition coefficient (Wildman–Crippen LogP) is 4.69. The topological polar surface area (TPSA) is 34.1 Å². The molecule has 1 heterocycles. The molecule has 2 rings (SSSR count). The molecule has 0 aliphatic rings. The molecular weight excluding hydrogens is 328 g/mol. The van der Waals surface area contributed by atoms with Crippen LogP contribution in [0.4, 0.5) is 0 Å². The van der Waals surface area contributed by atoms with E-state index in [0.717, 1.165) is 40.3 Å². The molecule has 4 heteroatoms. The van der Waals surface area contributed by atoms with Crippen LogP contribution in [0.1, 0.15) is 25.1 Å². The minimum Gasteiger partial charge on any atom is -0.457 e. The lowest BCUT2D eigenvalue weighted by Crippen LogP contribution is -2.19. The molecular formula is C17H21BrN2O. The third-order valence-corrected chi connectivity index (χ3v) is 3.47. The molecule has 0 saturated carbocycles. The van der Waals surface area contributed by atoms with Gasteiger partial charge in [-0.25, -0.2) is 0 Å². The van der Waals surface area contributed by atoms with Gasteiger partial charge in [0.2, 0.25) is 0 Å². The van der Waals surface area contributed by atoms with Crippen LogP contribution in [0, 0.1) is 12.8 Å². The Morgan fingerprint density at radius 1 is 1.29 bits per heavy atom. The summed E-state index contributed by atoms with van der Waals surface area (Å²) >= 11 is 3.46. The smallest absolute Gasteiger partial charge is 0.135 e. The van der Waals surface area contributed by atoms with Crippen LogP contribution in [0.3, 0.4) is 0 Å². The average Bonchev–Trinajstić information content (AvgIpc) is 2.41. The van der Waals surface area contributed by atoms with Crippen molar-refractivity contribution in [2.75, 3.05) is 6.54 Å². The van der Waals surface area contributed by atoms with Crippen LogP contribution in [-0.4, -0.2) is 11.5 Å². The third-order valence-electron chi connectivity index (χ3n) is 2.97. The molecule has 0 bridgehead atoms. The molecule has 1 N–H and O–H groups in total. The maximum atomic E-state index is 6.02. The highest BCUT2D eigenvalue weighted by atomic mass is 79.9. The first-order chi connectivity index (χ1) is 10.0. The lowest BCUT2D eigenvalue weighted by atomic mass is 10.2. The molecule has 0 spiro atoms. The Bertz CT molecular complexity index is 599. The van der Waals surface area contributed by atoms with Gasteiger partial charge < -0.3 is 10.1 Å². The van der Waals surface area contributed by atoms with Gasteiger partial charge in [-0.1, -0.05) is 35.8 Å². The molecule has 0 amide bonds. The number of benzene rings is 1. The van der Waals surface area contributed by atoms with Gasteiger partial charge in [-0.3, -0.25) is 4.98 Å². The second kappa shape index (κ2) is 7.57.